The van der Waals surface area contributed by atoms with Gasteiger partial charge in [0.25, 0.3) is 5.91 Å². The number of morpholine rings is 1. The summed E-state index contributed by atoms with van der Waals surface area (Å²) in [4.78, 5) is 14.9. The van der Waals surface area contributed by atoms with E-state index in [1.54, 1.807) is 0 Å². The van der Waals surface area contributed by atoms with Gasteiger partial charge in [0.15, 0.2) is 0 Å². The lowest BCUT2D eigenvalue weighted by molar-refractivity contribution is 0.0383. The molecule has 1 saturated carbocycles. The van der Waals surface area contributed by atoms with E-state index in [0.29, 0.717) is 24.5 Å². The van der Waals surface area contributed by atoms with Crippen molar-refractivity contribution >= 4 is 16.7 Å². The molecule has 36 heavy (non-hydrogen) atoms. The number of hydrogen-bond donors (Lipinski definition) is 2. The molecule has 1 aliphatic carbocycles. The first-order valence-corrected chi connectivity index (χ1v) is 13.6. The van der Waals surface area contributed by atoms with Crippen LogP contribution in [0.3, 0.4) is 0 Å². The summed E-state index contributed by atoms with van der Waals surface area (Å²) in [5.41, 5.74) is 3.47. The first-order valence-electron chi connectivity index (χ1n) is 13.6. The smallest absolute Gasteiger partial charge is 0.251 e. The lowest BCUT2D eigenvalue weighted by Crippen LogP contribution is -2.41. The van der Waals surface area contributed by atoms with Crippen LogP contribution in [-0.2, 0) is 4.74 Å². The number of nitrogens with one attached hydrogen (secondary N) is 2. The lowest BCUT2D eigenvalue weighted by Gasteiger charge is -2.32. The van der Waals surface area contributed by atoms with Crippen molar-refractivity contribution in [3.63, 3.8) is 0 Å². The minimum Gasteiger partial charge on any atom is -0.379 e. The van der Waals surface area contributed by atoms with E-state index >= 15 is 0 Å². The van der Waals surface area contributed by atoms with Crippen molar-refractivity contribution in [2.45, 2.75) is 50.6 Å². The van der Waals surface area contributed by atoms with Crippen LogP contribution in [0, 0.1) is 0 Å². The molecule has 0 aromatic heterocycles. The zero-order valence-electron chi connectivity index (χ0n) is 21.4. The molecule has 0 spiro atoms. The maximum Gasteiger partial charge on any atom is 0.251 e. The van der Waals surface area contributed by atoms with Crippen LogP contribution in [0.15, 0.2) is 66.7 Å². The number of carbonyl (C=O) groups excluding carboxylic acids is 1. The molecule has 5 nitrogen and oxygen atoms in total. The lowest BCUT2D eigenvalue weighted by atomic mass is 9.80. The predicted octanol–water partition coefficient (Wildman–Crippen LogP) is 5.28. The van der Waals surface area contributed by atoms with Crippen LogP contribution in [0.2, 0.25) is 0 Å². The van der Waals surface area contributed by atoms with E-state index in [9.17, 15) is 4.79 Å². The molecule has 0 bridgehead atoms. The highest BCUT2D eigenvalue weighted by Gasteiger charge is 2.25. The van der Waals surface area contributed by atoms with Crippen molar-refractivity contribution in [1.29, 1.82) is 0 Å². The topological polar surface area (TPSA) is 53.6 Å². The molecule has 3 atom stereocenters. The minimum atomic E-state index is 0.0157. The fourth-order valence-corrected chi connectivity index (χ4v) is 5.88. The monoisotopic (exact) mass is 485 g/mol. The summed E-state index contributed by atoms with van der Waals surface area (Å²) < 4.78 is 5.39. The Morgan fingerprint density at radius 3 is 2.61 bits per heavy atom. The predicted molar refractivity (Wildman–Crippen MR) is 147 cm³/mol. The molecule has 2 N–H and O–H groups in total. The van der Waals surface area contributed by atoms with Gasteiger partial charge in [0.1, 0.15) is 0 Å². The molecule has 1 heterocycles. The van der Waals surface area contributed by atoms with E-state index in [-0.39, 0.29) is 5.91 Å². The molecular weight excluding hydrogens is 446 g/mol. The van der Waals surface area contributed by atoms with Gasteiger partial charge in [-0.2, -0.15) is 0 Å². The average molecular weight is 486 g/mol. The van der Waals surface area contributed by atoms with Gasteiger partial charge in [0.2, 0.25) is 0 Å². The molecular formula is C31H39N3O2. The van der Waals surface area contributed by atoms with Crippen molar-refractivity contribution < 1.29 is 9.53 Å². The molecule has 3 unspecified atom stereocenters. The van der Waals surface area contributed by atoms with Gasteiger partial charge in [0, 0.05) is 43.8 Å². The van der Waals surface area contributed by atoms with Gasteiger partial charge in [-0.05, 0) is 66.1 Å². The van der Waals surface area contributed by atoms with Gasteiger partial charge in [-0.3, -0.25) is 9.69 Å². The van der Waals surface area contributed by atoms with Gasteiger partial charge >= 0.3 is 0 Å². The number of rotatable bonds is 8. The van der Waals surface area contributed by atoms with Gasteiger partial charge in [-0.25, -0.2) is 0 Å². The maximum atomic E-state index is 12.6. The zero-order valence-corrected chi connectivity index (χ0v) is 21.4. The van der Waals surface area contributed by atoms with E-state index in [1.165, 1.54) is 41.2 Å². The average Bonchev–Trinajstić information content (AvgIpc) is 2.93. The Balaban J connectivity index is 1.14. The highest BCUT2D eigenvalue weighted by molar-refractivity contribution is 5.94. The number of nitrogens with zero attached hydrogens (tertiary/aromatic N) is 1. The van der Waals surface area contributed by atoms with Gasteiger partial charge in [0.05, 0.1) is 13.2 Å². The Kier molecular flexibility index (Phi) is 8.32. The van der Waals surface area contributed by atoms with Gasteiger partial charge in [-0.1, -0.05) is 61.0 Å². The number of amides is 1. The second-order valence-corrected chi connectivity index (χ2v) is 10.3. The Morgan fingerprint density at radius 2 is 1.78 bits per heavy atom. The highest BCUT2D eigenvalue weighted by atomic mass is 16.5. The SMILES string of the molecule is CC(NC1CCCC(c2ccc(C(=O)NCCN3CCOCC3)cc2)C1)c1cccc2ccccc12. The largest absolute Gasteiger partial charge is 0.379 e. The number of benzene rings is 3. The highest BCUT2D eigenvalue weighted by Crippen LogP contribution is 2.34. The second-order valence-electron chi connectivity index (χ2n) is 10.3. The third-order valence-corrected chi connectivity index (χ3v) is 7.91. The van der Waals surface area contributed by atoms with E-state index in [4.69, 9.17) is 4.74 Å². The molecule has 1 amide bonds. The van der Waals surface area contributed by atoms with Crippen LogP contribution in [0.1, 0.15) is 66.1 Å². The van der Waals surface area contributed by atoms with Crippen LogP contribution in [0.5, 0.6) is 0 Å². The van der Waals surface area contributed by atoms with E-state index in [1.807, 2.05) is 12.1 Å². The van der Waals surface area contributed by atoms with E-state index in [2.05, 4.69) is 77.1 Å². The van der Waals surface area contributed by atoms with Crippen LogP contribution >= 0.6 is 0 Å². The molecule has 5 rings (SSSR count). The molecule has 1 saturated heterocycles. The maximum absolute atomic E-state index is 12.6. The third-order valence-electron chi connectivity index (χ3n) is 7.91. The molecule has 3 aromatic carbocycles. The standard InChI is InChI=1S/C31H39N3O2/c1-23(29-11-5-7-25-6-2-3-10-30(25)29)33-28-9-4-8-27(22-28)24-12-14-26(15-13-24)31(35)32-16-17-34-18-20-36-21-19-34/h2-3,5-7,10-15,23,27-28,33H,4,8-9,16-22H2,1H3,(H,32,35). The first-order chi connectivity index (χ1) is 17.7. The van der Waals surface area contributed by atoms with Crippen LogP contribution < -0.4 is 10.6 Å². The number of hydrogen-bond acceptors (Lipinski definition) is 4. The summed E-state index contributed by atoms with van der Waals surface area (Å²) in [6, 6.07) is 24.4. The Hall–Kier alpha value is -2.73. The minimum absolute atomic E-state index is 0.0157. The number of carbonyl (C=O) groups is 1. The number of ether oxygens (including phenoxy) is 1. The summed E-state index contributed by atoms with van der Waals surface area (Å²) >= 11 is 0. The van der Waals surface area contributed by atoms with E-state index in [0.717, 1.165) is 44.8 Å². The normalized spacial score (nSPS) is 21.8. The Labute approximate surface area is 215 Å². The molecule has 190 valence electrons. The summed E-state index contributed by atoms with van der Waals surface area (Å²) in [5.74, 6) is 0.552. The van der Waals surface area contributed by atoms with Crippen LogP contribution in [-0.4, -0.2) is 56.2 Å². The van der Waals surface area contributed by atoms with Crippen LogP contribution in [0.4, 0.5) is 0 Å². The second kappa shape index (κ2) is 12.0. The summed E-state index contributed by atoms with van der Waals surface area (Å²) in [7, 11) is 0. The van der Waals surface area contributed by atoms with Crippen molar-refractivity contribution in [1.82, 2.24) is 15.5 Å². The Bertz CT molecular complexity index is 1130. The first kappa shape index (κ1) is 24.9. The molecule has 1 aliphatic heterocycles. The van der Waals surface area contributed by atoms with Crippen molar-refractivity contribution in [3.8, 4) is 0 Å². The quantitative estimate of drug-likeness (QED) is 0.456. The van der Waals surface area contributed by atoms with Gasteiger partial charge in [-0.15, -0.1) is 0 Å². The molecule has 3 aromatic rings. The fourth-order valence-electron chi connectivity index (χ4n) is 5.88. The van der Waals surface area contributed by atoms with Crippen molar-refractivity contribution in [2.24, 2.45) is 0 Å². The molecule has 0 radical (unpaired) electrons. The van der Waals surface area contributed by atoms with Crippen molar-refractivity contribution in [2.75, 3.05) is 39.4 Å². The Morgan fingerprint density at radius 1 is 1.00 bits per heavy atom. The molecule has 2 aliphatic rings. The summed E-state index contributed by atoms with van der Waals surface area (Å²) in [5, 5.41) is 9.64. The summed E-state index contributed by atoms with van der Waals surface area (Å²) in [6.07, 6.45) is 4.80. The summed E-state index contributed by atoms with van der Waals surface area (Å²) in [6.45, 7) is 7.30. The van der Waals surface area contributed by atoms with E-state index < -0.39 is 0 Å². The van der Waals surface area contributed by atoms with Crippen molar-refractivity contribution in [3.05, 3.63) is 83.4 Å². The molecule has 5 heteroatoms. The zero-order chi connectivity index (χ0) is 24.7. The third kappa shape index (κ3) is 6.15. The van der Waals surface area contributed by atoms with Crippen LogP contribution in [0.25, 0.3) is 10.8 Å². The fraction of sp³-hybridized carbons (Fsp3) is 0.452. The van der Waals surface area contributed by atoms with Gasteiger partial charge < -0.3 is 15.4 Å². The number of fused-ring (bicyclic) bond motifs is 1. The molecule has 2 fully saturated rings.